The van der Waals surface area contributed by atoms with Gasteiger partial charge >= 0.3 is 0 Å². The fourth-order valence-electron chi connectivity index (χ4n) is 3.60. The fourth-order valence-corrected chi connectivity index (χ4v) is 3.60. The number of anilines is 1. The number of aryl methyl sites for hydroxylation is 1. The monoisotopic (exact) mass is 416 g/mol. The lowest BCUT2D eigenvalue weighted by molar-refractivity contribution is -0.118. The first-order valence-corrected chi connectivity index (χ1v) is 10.8. The second kappa shape index (κ2) is 8.76. The molecule has 3 aromatic rings. The van der Waals surface area contributed by atoms with Crippen LogP contribution in [0.2, 0.25) is 0 Å². The lowest BCUT2D eigenvalue weighted by Crippen LogP contribution is -2.24. The van der Waals surface area contributed by atoms with E-state index in [1.807, 2.05) is 61.0 Å². The molecular formula is C25H28N4O2. The molecule has 1 aliphatic carbocycles. The van der Waals surface area contributed by atoms with Crippen molar-refractivity contribution in [3.63, 3.8) is 0 Å². The van der Waals surface area contributed by atoms with Crippen LogP contribution in [-0.2, 0) is 11.3 Å². The van der Waals surface area contributed by atoms with E-state index in [0.717, 1.165) is 41.0 Å². The number of amides is 2. The van der Waals surface area contributed by atoms with E-state index >= 15 is 0 Å². The lowest BCUT2D eigenvalue weighted by atomic mass is 10.1. The maximum Gasteiger partial charge on any atom is 0.255 e. The van der Waals surface area contributed by atoms with E-state index in [1.165, 1.54) is 0 Å². The Morgan fingerprint density at radius 1 is 1.13 bits per heavy atom. The molecule has 2 amide bonds. The Morgan fingerprint density at radius 3 is 2.61 bits per heavy atom. The predicted molar refractivity (Wildman–Crippen MR) is 121 cm³/mol. The third-order valence-corrected chi connectivity index (χ3v) is 5.53. The highest BCUT2D eigenvalue weighted by Crippen LogP contribution is 2.42. The quantitative estimate of drug-likeness (QED) is 0.592. The van der Waals surface area contributed by atoms with Gasteiger partial charge in [0.15, 0.2) is 0 Å². The third kappa shape index (κ3) is 4.68. The Labute approximate surface area is 182 Å². The van der Waals surface area contributed by atoms with Crippen LogP contribution in [0.3, 0.4) is 0 Å². The topological polar surface area (TPSA) is 76.0 Å². The number of carbonyl (C=O) groups excluding carboxylic acids is 2. The number of benzene rings is 2. The van der Waals surface area contributed by atoms with E-state index in [0.29, 0.717) is 18.0 Å². The molecule has 6 nitrogen and oxygen atoms in total. The van der Waals surface area contributed by atoms with Crippen LogP contribution in [0.15, 0.2) is 54.7 Å². The second-order valence-corrected chi connectivity index (χ2v) is 8.44. The van der Waals surface area contributed by atoms with Gasteiger partial charge in [0.05, 0.1) is 23.1 Å². The molecule has 31 heavy (non-hydrogen) atoms. The summed E-state index contributed by atoms with van der Waals surface area (Å²) in [6, 6.07) is 15.6. The van der Waals surface area contributed by atoms with Crippen LogP contribution >= 0.6 is 0 Å². The van der Waals surface area contributed by atoms with Crippen molar-refractivity contribution < 1.29 is 9.59 Å². The van der Waals surface area contributed by atoms with Crippen LogP contribution in [0.25, 0.3) is 5.69 Å². The highest BCUT2D eigenvalue weighted by Gasteiger charge is 2.33. The van der Waals surface area contributed by atoms with Crippen LogP contribution in [-0.4, -0.2) is 21.6 Å². The number of aromatic nitrogens is 2. The summed E-state index contributed by atoms with van der Waals surface area (Å²) in [6.07, 6.45) is 3.83. The van der Waals surface area contributed by atoms with E-state index in [1.54, 1.807) is 6.20 Å². The summed E-state index contributed by atoms with van der Waals surface area (Å²) in [5.74, 6) is 0.128. The van der Waals surface area contributed by atoms with E-state index in [9.17, 15) is 9.59 Å². The summed E-state index contributed by atoms with van der Waals surface area (Å²) < 4.78 is 1.92. The van der Waals surface area contributed by atoms with Gasteiger partial charge in [0.25, 0.3) is 5.91 Å². The van der Waals surface area contributed by atoms with Crippen molar-refractivity contribution in [1.29, 1.82) is 0 Å². The number of carbonyl (C=O) groups is 2. The Morgan fingerprint density at radius 2 is 1.90 bits per heavy atom. The van der Waals surface area contributed by atoms with Gasteiger partial charge in [-0.3, -0.25) is 9.59 Å². The summed E-state index contributed by atoms with van der Waals surface area (Å²) in [7, 11) is 0. The second-order valence-electron chi connectivity index (χ2n) is 8.44. The smallest absolute Gasteiger partial charge is 0.255 e. The van der Waals surface area contributed by atoms with Gasteiger partial charge < -0.3 is 10.6 Å². The van der Waals surface area contributed by atoms with Crippen molar-refractivity contribution in [2.24, 2.45) is 5.92 Å². The summed E-state index contributed by atoms with van der Waals surface area (Å²) in [6.45, 7) is 6.14. The van der Waals surface area contributed by atoms with Gasteiger partial charge in [-0.2, -0.15) is 5.10 Å². The van der Waals surface area contributed by atoms with Crippen molar-refractivity contribution in [2.75, 3.05) is 5.32 Å². The minimum Gasteiger partial charge on any atom is -0.348 e. The van der Waals surface area contributed by atoms with Crippen LogP contribution in [0.1, 0.15) is 59.8 Å². The van der Waals surface area contributed by atoms with Crippen molar-refractivity contribution in [3.8, 4) is 5.69 Å². The molecule has 2 aromatic carbocycles. The summed E-state index contributed by atoms with van der Waals surface area (Å²) in [5, 5.41) is 10.5. The Balaban J connectivity index is 1.50. The molecular weight excluding hydrogens is 388 g/mol. The molecule has 1 heterocycles. The number of rotatable bonds is 7. The minimum absolute atomic E-state index is 0.0288. The van der Waals surface area contributed by atoms with Crippen LogP contribution in [0.5, 0.6) is 0 Å². The zero-order valence-corrected chi connectivity index (χ0v) is 18.2. The molecule has 4 rings (SSSR count). The van der Waals surface area contributed by atoms with Crippen molar-refractivity contribution in [1.82, 2.24) is 15.1 Å². The normalized spacial score (nSPS) is 13.3. The molecule has 0 unspecified atom stereocenters. The summed E-state index contributed by atoms with van der Waals surface area (Å²) in [4.78, 5) is 25.0. The molecule has 1 saturated carbocycles. The average molecular weight is 417 g/mol. The Bertz CT molecular complexity index is 1110. The van der Waals surface area contributed by atoms with Gasteiger partial charge in [-0.05, 0) is 49.1 Å². The van der Waals surface area contributed by atoms with Gasteiger partial charge in [0, 0.05) is 24.1 Å². The zero-order valence-electron chi connectivity index (χ0n) is 18.2. The number of nitrogens with one attached hydrogen (secondary N) is 2. The highest BCUT2D eigenvalue weighted by atomic mass is 16.2. The molecule has 0 bridgehead atoms. The standard InChI is InChI=1S/C25H28N4O2/c1-16(2)24(30)28-20-9-6-8-18(13-20)14-26-25(31)21-15-27-29(23(21)19-11-12-19)22-10-5-4-7-17(22)3/h4-10,13,15-16,19H,11-12,14H2,1-3H3,(H,26,31)(H,28,30). The van der Waals surface area contributed by atoms with Crippen molar-refractivity contribution in [2.45, 2.75) is 46.1 Å². The zero-order chi connectivity index (χ0) is 22.0. The molecule has 0 atom stereocenters. The van der Waals surface area contributed by atoms with Gasteiger partial charge in [-0.15, -0.1) is 0 Å². The van der Waals surface area contributed by atoms with Crippen LogP contribution in [0, 0.1) is 12.8 Å². The predicted octanol–water partition coefficient (Wildman–Crippen LogP) is 4.58. The molecule has 0 saturated heterocycles. The first-order valence-electron chi connectivity index (χ1n) is 10.8. The lowest BCUT2D eigenvalue weighted by Gasteiger charge is -2.12. The van der Waals surface area contributed by atoms with Gasteiger partial charge in [-0.25, -0.2) is 4.68 Å². The molecule has 6 heteroatoms. The van der Waals surface area contributed by atoms with Gasteiger partial charge in [0.1, 0.15) is 0 Å². The first-order chi connectivity index (χ1) is 14.9. The Kier molecular flexibility index (Phi) is 5.89. The van der Waals surface area contributed by atoms with E-state index in [-0.39, 0.29) is 17.7 Å². The van der Waals surface area contributed by atoms with Crippen LogP contribution < -0.4 is 10.6 Å². The average Bonchev–Trinajstić information content (AvgIpc) is 3.50. The third-order valence-electron chi connectivity index (χ3n) is 5.53. The van der Waals surface area contributed by atoms with Gasteiger partial charge in [-0.1, -0.05) is 44.2 Å². The maximum atomic E-state index is 13.0. The van der Waals surface area contributed by atoms with Crippen LogP contribution in [0.4, 0.5) is 5.69 Å². The van der Waals surface area contributed by atoms with E-state index < -0.39 is 0 Å². The molecule has 0 aliphatic heterocycles. The first kappa shape index (κ1) is 20.8. The van der Waals surface area contributed by atoms with E-state index in [2.05, 4.69) is 28.7 Å². The highest BCUT2D eigenvalue weighted by molar-refractivity contribution is 5.95. The fraction of sp³-hybridized carbons (Fsp3) is 0.320. The molecule has 1 aromatic heterocycles. The molecule has 1 aliphatic rings. The largest absolute Gasteiger partial charge is 0.348 e. The summed E-state index contributed by atoms with van der Waals surface area (Å²) >= 11 is 0. The van der Waals surface area contributed by atoms with E-state index in [4.69, 9.17) is 0 Å². The number of hydrogen-bond acceptors (Lipinski definition) is 3. The minimum atomic E-state index is -0.127. The maximum absolute atomic E-state index is 13.0. The van der Waals surface area contributed by atoms with Gasteiger partial charge in [0.2, 0.25) is 5.91 Å². The van der Waals surface area contributed by atoms with Crippen molar-refractivity contribution in [3.05, 3.63) is 77.1 Å². The summed E-state index contributed by atoms with van der Waals surface area (Å²) in [5.41, 5.74) is 5.42. The number of para-hydroxylation sites is 1. The SMILES string of the molecule is Cc1ccccc1-n1ncc(C(=O)NCc2cccc(NC(=O)C(C)C)c2)c1C1CC1. The molecule has 1 fully saturated rings. The Hall–Kier alpha value is -3.41. The molecule has 160 valence electrons. The number of nitrogens with zero attached hydrogens (tertiary/aromatic N) is 2. The molecule has 2 N–H and O–H groups in total. The number of hydrogen-bond donors (Lipinski definition) is 2. The molecule has 0 spiro atoms. The van der Waals surface area contributed by atoms with Crippen molar-refractivity contribution >= 4 is 17.5 Å². The molecule has 0 radical (unpaired) electrons.